The number of carboxylic acid groups (broad SMARTS) is 1. The highest BCUT2D eigenvalue weighted by Gasteiger charge is 2.53. The molecule has 39 heavy (non-hydrogen) atoms. The maximum atomic E-state index is 11.6. The molecule has 0 amide bonds. The van der Waals surface area contributed by atoms with Crippen molar-refractivity contribution in [2.75, 3.05) is 31.9 Å². The van der Waals surface area contributed by atoms with E-state index < -0.39 is 12.0 Å². The summed E-state index contributed by atoms with van der Waals surface area (Å²) >= 11 is 0. The Morgan fingerprint density at radius 1 is 1.10 bits per heavy atom. The van der Waals surface area contributed by atoms with E-state index in [9.17, 15) is 9.90 Å². The van der Waals surface area contributed by atoms with Gasteiger partial charge >= 0.3 is 5.97 Å². The molecule has 2 aromatic carbocycles. The molecule has 1 N–H and O–H groups in total. The topological polar surface area (TPSA) is 115 Å². The van der Waals surface area contributed by atoms with Crippen molar-refractivity contribution in [1.29, 1.82) is 0 Å². The van der Waals surface area contributed by atoms with Crippen LogP contribution in [0.25, 0.3) is 22.2 Å². The second-order valence-electron chi connectivity index (χ2n) is 11.1. The van der Waals surface area contributed by atoms with Gasteiger partial charge in [-0.15, -0.1) is 15.3 Å². The summed E-state index contributed by atoms with van der Waals surface area (Å²) < 4.78 is 12.3. The molecule has 1 aliphatic carbocycles. The number of rotatable bonds is 9. The normalized spacial score (nSPS) is 17.3. The van der Waals surface area contributed by atoms with E-state index in [-0.39, 0.29) is 18.1 Å². The maximum Gasteiger partial charge on any atom is 0.328 e. The second kappa shape index (κ2) is 9.92. The summed E-state index contributed by atoms with van der Waals surface area (Å²) in [5.74, 6) is 0.102. The minimum Gasteiger partial charge on any atom is -0.480 e. The molecule has 1 saturated carbocycles. The summed E-state index contributed by atoms with van der Waals surface area (Å²) in [5.41, 5.74) is 4.82. The zero-order valence-electron chi connectivity index (χ0n) is 22.3. The Labute approximate surface area is 226 Å². The van der Waals surface area contributed by atoms with Gasteiger partial charge in [0, 0.05) is 54.4 Å². The lowest BCUT2D eigenvalue weighted by Gasteiger charge is -2.59. The van der Waals surface area contributed by atoms with Gasteiger partial charge in [-0.3, -0.25) is 0 Å². The fourth-order valence-electron chi connectivity index (χ4n) is 6.00. The predicted molar refractivity (Wildman–Crippen MR) is 146 cm³/mol. The highest BCUT2D eigenvalue weighted by atomic mass is 16.7. The number of hydrogen-bond acceptors (Lipinski definition) is 8. The quantitative estimate of drug-likeness (QED) is 0.313. The first-order valence-electron chi connectivity index (χ1n) is 13.2. The summed E-state index contributed by atoms with van der Waals surface area (Å²) in [7, 11) is 1.59. The summed E-state index contributed by atoms with van der Waals surface area (Å²) in [6.07, 6.45) is 3.91. The van der Waals surface area contributed by atoms with Crippen molar-refractivity contribution in [2.45, 2.75) is 38.6 Å². The monoisotopic (exact) mass is 528 g/mol. The van der Waals surface area contributed by atoms with Gasteiger partial charge in [0.25, 0.3) is 0 Å². The predicted octanol–water partition coefficient (Wildman–Crippen LogP) is 4.54. The third-order valence-corrected chi connectivity index (χ3v) is 7.96. The van der Waals surface area contributed by atoms with E-state index in [0.717, 1.165) is 59.5 Å². The number of fused-ring (bicyclic) bond motifs is 1. The summed E-state index contributed by atoms with van der Waals surface area (Å²) in [5, 5.41) is 28.0. The van der Waals surface area contributed by atoms with Gasteiger partial charge in [-0.05, 0) is 49.1 Å². The molecule has 2 aliphatic rings. The van der Waals surface area contributed by atoms with E-state index in [2.05, 4.69) is 43.6 Å². The number of ether oxygens (including phenoxy) is 2. The van der Waals surface area contributed by atoms with Crippen molar-refractivity contribution in [1.82, 2.24) is 25.2 Å². The third kappa shape index (κ3) is 4.69. The number of aromatic nitrogens is 5. The van der Waals surface area contributed by atoms with E-state index in [1.807, 2.05) is 50.4 Å². The molecule has 10 nitrogen and oxygen atoms in total. The van der Waals surface area contributed by atoms with E-state index >= 15 is 0 Å². The van der Waals surface area contributed by atoms with Crippen LogP contribution in [0.15, 0.2) is 54.7 Å². The number of benzene rings is 2. The smallest absolute Gasteiger partial charge is 0.328 e. The number of methoxy groups -OCH3 is 1. The largest absolute Gasteiger partial charge is 0.480 e. The lowest BCUT2D eigenvalue weighted by molar-refractivity contribution is -0.142. The first kappa shape index (κ1) is 25.2. The summed E-state index contributed by atoms with van der Waals surface area (Å²) in [6.45, 7) is 5.92. The van der Waals surface area contributed by atoms with Crippen molar-refractivity contribution in [3.05, 3.63) is 60.4 Å². The number of hydrogen-bond donors (Lipinski definition) is 1. The van der Waals surface area contributed by atoms with Crippen molar-refractivity contribution >= 4 is 22.6 Å². The average molecular weight is 529 g/mol. The Kier molecular flexibility index (Phi) is 6.42. The van der Waals surface area contributed by atoms with Gasteiger partial charge < -0.3 is 19.5 Å². The molecule has 10 heteroatoms. The van der Waals surface area contributed by atoms with Crippen LogP contribution in [-0.2, 0) is 9.53 Å². The lowest BCUT2D eigenvalue weighted by Crippen LogP contribution is -2.61. The summed E-state index contributed by atoms with van der Waals surface area (Å²) in [4.78, 5) is 14.0. The molecule has 0 bridgehead atoms. The first-order valence-corrected chi connectivity index (χ1v) is 13.2. The van der Waals surface area contributed by atoms with Gasteiger partial charge in [-0.25, -0.2) is 9.48 Å². The highest BCUT2D eigenvalue weighted by Crippen LogP contribution is 2.56. The molecular weight excluding hydrogens is 496 g/mol. The molecule has 1 unspecified atom stereocenters. The number of nitrogens with zero attached hydrogens (tertiary/aromatic N) is 6. The minimum atomic E-state index is -0.877. The van der Waals surface area contributed by atoms with Crippen molar-refractivity contribution in [3.8, 4) is 17.0 Å². The standard InChI is InChI=1S/C29H32N6O4/c1-18(2)27(28(36)37)35-14-25(32-33-35)20-12-29(13-20)15-34(16-29)21-9-8-19-10-24(31-30-23(19)11-21)22-6-4-5-7-26(22)39-17-38-3/h4-11,14,18,20,27H,12-13,15-17H2,1-3H3,(H,36,37). The molecule has 1 saturated heterocycles. The summed E-state index contributed by atoms with van der Waals surface area (Å²) in [6, 6.07) is 15.4. The van der Waals surface area contributed by atoms with E-state index in [1.165, 1.54) is 4.68 Å². The SMILES string of the molecule is COCOc1ccccc1-c1cc2ccc(N3CC4(CC(c5cn(C(C(=O)O)C(C)C)nn5)C4)C3)cc2nn1. The Hall–Kier alpha value is -4.05. The lowest BCUT2D eigenvalue weighted by atomic mass is 9.57. The van der Waals surface area contributed by atoms with Gasteiger partial charge in [0.2, 0.25) is 0 Å². The van der Waals surface area contributed by atoms with Crippen LogP contribution in [0.3, 0.4) is 0 Å². The average Bonchev–Trinajstić information content (AvgIpc) is 3.34. The number of carboxylic acids is 1. The van der Waals surface area contributed by atoms with Crippen LogP contribution in [0, 0.1) is 11.3 Å². The van der Waals surface area contributed by atoms with Crippen LogP contribution < -0.4 is 9.64 Å². The van der Waals surface area contributed by atoms with Gasteiger partial charge in [0.05, 0.1) is 16.9 Å². The number of aliphatic carboxylic acids is 1. The van der Waals surface area contributed by atoms with Gasteiger partial charge in [-0.1, -0.05) is 37.3 Å². The van der Waals surface area contributed by atoms with Crippen LogP contribution in [0.2, 0.25) is 0 Å². The van der Waals surface area contributed by atoms with E-state index in [0.29, 0.717) is 11.7 Å². The van der Waals surface area contributed by atoms with Crippen LogP contribution in [0.1, 0.15) is 44.3 Å². The fraction of sp³-hybridized carbons (Fsp3) is 0.414. The third-order valence-electron chi connectivity index (χ3n) is 7.96. The second-order valence-corrected chi connectivity index (χ2v) is 11.1. The molecule has 4 aromatic rings. The van der Waals surface area contributed by atoms with Gasteiger partial charge in [0.1, 0.15) is 5.75 Å². The Balaban J connectivity index is 1.10. The van der Waals surface area contributed by atoms with Crippen LogP contribution in [0.4, 0.5) is 5.69 Å². The molecule has 3 heterocycles. The number of carbonyl (C=O) groups is 1. The Morgan fingerprint density at radius 3 is 2.64 bits per heavy atom. The molecule has 6 rings (SSSR count). The minimum absolute atomic E-state index is 0.0612. The van der Waals surface area contributed by atoms with E-state index in [4.69, 9.17) is 9.47 Å². The molecule has 1 spiro atoms. The highest BCUT2D eigenvalue weighted by molar-refractivity contribution is 5.85. The van der Waals surface area contributed by atoms with Crippen molar-refractivity contribution < 1.29 is 19.4 Å². The molecule has 1 aliphatic heterocycles. The maximum absolute atomic E-state index is 11.6. The molecule has 202 valence electrons. The molecule has 0 radical (unpaired) electrons. The molecule has 2 fully saturated rings. The molecule has 1 atom stereocenters. The van der Waals surface area contributed by atoms with Crippen LogP contribution in [0.5, 0.6) is 5.75 Å². The van der Waals surface area contributed by atoms with Gasteiger partial charge in [0.15, 0.2) is 12.8 Å². The van der Waals surface area contributed by atoms with Crippen LogP contribution in [-0.4, -0.2) is 63.3 Å². The zero-order valence-corrected chi connectivity index (χ0v) is 22.3. The van der Waals surface area contributed by atoms with Crippen molar-refractivity contribution in [3.63, 3.8) is 0 Å². The van der Waals surface area contributed by atoms with Gasteiger partial charge in [-0.2, -0.15) is 0 Å². The molecule has 2 aromatic heterocycles. The number of anilines is 1. The Bertz CT molecular complexity index is 1500. The number of para-hydroxylation sites is 1. The zero-order chi connectivity index (χ0) is 27.1. The Morgan fingerprint density at radius 2 is 1.90 bits per heavy atom. The van der Waals surface area contributed by atoms with Crippen molar-refractivity contribution in [2.24, 2.45) is 11.3 Å². The fourth-order valence-corrected chi connectivity index (χ4v) is 6.00. The molecular formula is C29H32N6O4. The first-order chi connectivity index (χ1) is 18.9. The van der Waals surface area contributed by atoms with E-state index in [1.54, 1.807) is 7.11 Å². The van der Waals surface area contributed by atoms with Crippen LogP contribution >= 0.6 is 0 Å².